The molecule has 0 amide bonds. The number of halogens is 3. The zero-order valence-electron chi connectivity index (χ0n) is 10.3. The number of carbonyl (C=O) groups is 1. The molecule has 19 heavy (non-hydrogen) atoms. The second kappa shape index (κ2) is 8.64. The fraction of sp³-hybridized carbons (Fsp3) is 0.417. The summed E-state index contributed by atoms with van der Waals surface area (Å²) >= 11 is 15.4. The Labute approximate surface area is 130 Å². The van der Waals surface area contributed by atoms with E-state index in [4.69, 9.17) is 32.7 Å². The third-order valence-electron chi connectivity index (χ3n) is 2.08. The summed E-state index contributed by atoms with van der Waals surface area (Å²) in [6.07, 6.45) is 0. The second-order valence-corrected chi connectivity index (χ2v) is 5.26. The maximum Gasteiger partial charge on any atom is 0.332 e. The summed E-state index contributed by atoms with van der Waals surface area (Å²) in [5.74, 6) is -0.373. The minimum atomic E-state index is -0.373. The maximum absolute atomic E-state index is 11.0. The van der Waals surface area contributed by atoms with Crippen molar-refractivity contribution in [3.8, 4) is 0 Å². The first-order chi connectivity index (χ1) is 9.04. The van der Waals surface area contributed by atoms with Crippen LogP contribution in [0.5, 0.6) is 0 Å². The highest BCUT2D eigenvalue weighted by atomic mass is 79.9. The Hall–Kier alpha value is -0.490. The number of carbonyl (C=O) groups excluding carboxylic acids is 1. The molecule has 0 atom stereocenters. The van der Waals surface area contributed by atoms with Crippen molar-refractivity contribution in [2.75, 3.05) is 31.7 Å². The number of hydrogen-bond acceptors (Lipinski definition) is 4. The third kappa shape index (κ3) is 5.99. The van der Waals surface area contributed by atoms with E-state index in [0.29, 0.717) is 35.5 Å². The fourth-order valence-electron chi connectivity index (χ4n) is 1.32. The summed E-state index contributed by atoms with van der Waals surface area (Å²) in [4.78, 5) is 11.0. The van der Waals surface area contributed by atoms with Gasteiger partial charge in [-0.15, -0.1) is 0 Å². The summed E-state index contributed by atoms with van der Waals surface area (Å²) in [5.41, 5.74) is 0.645. The standard InChI is InChI=1S/C12H14BrCl2NO3/c1-2-19-11(17)7-18-4-3-16-12-9(14)5-8(13)6-10(12)15/h5-6,16H,2-4,7H2,1H3. The van der Waals surface area contributed by atoms with Crippen LogP contribution in [0.25, 0.3) is 0 Å². The average molecular weight is 371 g/mol. The lowest BCUT2D eigenvalue weighted by atomic mass is 10.3. The van der Waals surface area contributed by atoms with E-state index in [0.717, 1.165) is 4.47 Å². The number of esters is 1. The van der Waals surface area contributed by atoms with Crippen molar-refractivity contribution in [2.24, 2.45) is 0 Å². The number of benzene rings is 1. The molecule has 106 valence electrons. The van der Waals surface area contributed by atoms with Gasteiger partial charge >= 0.3 is 5.97 Å². The van der Waals surface area contributed by atoms with Crippen LogP contribution < -0.4 is 5.32 Å². The van der Waals surface area contributed by atoms with Crippen molar-refractivity contribution in [2.45, 2.75) is 6.92 Å². The van der Waals surface area contributed by atoms with E-state index in [1.54, 1.807) is 19.1 Å². The fourth-order valence-corrected chi connectivity index (χ4v) is 2.66. The van der Waals surface area contributed by atoms with E-state index >= 15 is 0 Å². The first kappa shape index (κ1) is 16.6. The Bertz CT molecular complexity index is 420. The Morgan fingerprint density at radius 2 is 2.00 bits per heavy atom. The molecule has 0 aromatic heterocycles. The van der Waals surface area contributed by atoms with Crippen molar-refractivity contribution in [1.29, 1.82) is 0 Å². The largest absolute Gasteiger partial charge is 0.464 e. The van der Waals surface area contributed by atoms with Gasteiger partial charge in [0.25, 0.3) is 0 Å². The molecule has 0 aliphatic carbocycles. The first-order valence-electron chi connectivity index (χ1n) is 5.66. The molecule has 1 N–H and O–H groups in total. The lowest BCUT2D eigenvalue weighted by Crippen LogP contribution is -2.16. The van der Waals surface area contributed by atoms with Gasteiger partial charge in [0, 0.05) is 11.0 Å². The van der Waals surface area contributed by atoms with Gasteiger partial charge in [0.2, 0.25) is 0 Å². The number of ether oxygens (including phenoxy) is 2. The molecule has 0 radical (unpaired) electrons. The highest BCUT2D eigenvalue weighted by Gasteiger charge is 2.07. The molecule has 0 aliphatic heterocycles. The quantitative estimate of drug-likeness (QED) is 0.586. The maximum atomic E-state index is 11.0. The summed E-state index contributed by atoms with van der Waals surface area (Å²) in [6, 6.07) is 3.49. The van der Waals surface area contributed by atoms with Crippen LogP contribution in [0.2, 0.25) is 10.0 Å². The lowest BCUT2D eigenvalue weighted by Gasteiger charge is -2.11. The second-order valence-electron chi connectivity index (χ2n) is 3.53. The SMILES string of the molecule is CCOC(=O)COCCNc1c(Cl)cc(Br)cc1Cl. The van der Waals surface area contributed by atoms with E-state index in [9.17, 15) is 4.79 Å². The molecule has 0 heterocycles. The number of nitrogens with one attached hydrogen (secondary N) is 1. The zero-order valence-corrected chi connectivity index (χ0v) is 13.4. The minimum Gasteiger partial charge on any atom is -0.464 e. The average Bonchev–Trinajstić information content (AvgIpc) is 2.31. The molecule has 0 unspecified atom stereocenters. The van der Waals surface area contributed by atoms with E-state index in [2.05, 4.69) is 21.2 Å². The smallest absolute Gasteiger partial charge is 0.332 e. The molecule has 0 fully saturated rings. The Kier molecular flexibility index (Phi) is 7.53. The van der Waals surface area contributed by atoms with E-state index in [-0.39, 0.29) is 12.6 Å². The van der Waals surface area contributed by atoms with Crippen LogP contribution in [-0.4, -0.2) is 32.3 Å². The van der Waals surface area contributed by atoms with Crippen molar-refractivity contribution in [3.05, 3.63) is 26.7 Å². The molecular weight excluding hydrogens is 357 g/mol. The van der Waals surface area contributed by atoms with Gasteiger partial charge in [-0.2, -0.15) is 0 Å². The highest BCUT2D eigenvalue weighted by molar-refractivity contribution is 9.10. The van der Waals surface area contributed by atoms with Crippen LogP contribution in [0.15, 0.2) is 16.6 Å². The van der Waals surface area contributed by atoms with Crippen LogP contribution in [0.4, 0.5) is 5.69 Å². The predicted molar refractivity (Wildman–Crippen MR) is 80.1 cm³/mol. The number of anilines is 1. The monoisotopic (exact) mass is 369 g/mol. The van der Waals surface area contributed by atoms with Gasteiger partial charge in [-0.25, -0.2) is 4.79 Å². The van der Waals surface area contributed by atoms with Crippen molar-refractivity contribution >= 4 is 50.8 Å². The molecule has 7 heteroatoms. The molecule has 1 aromatic carbocycles. The van der Waals surface area contributed by atoms with Crippen molar-refractivity contribution in [1.82, 2.24) is 0 Å². The topological polar surface area (TPSA) is 47.6 Å². The summed E-state index contributed by atoms with van der Waals surface area (Å²) < 4.78 is 10.7. The predicted octanol–water partition coefficient (Wildman–Crippen LogP) is 3.75. The zero-order chi connectivity index (χ0) is 14.3. The molecule has 0 bridgehead atoms. The molecule has 1 rings (SSSR count). The molecule has 0 aliphatic rings. The lowest BCUT2D eigenvalue weighted by molar-refractivity contribution is -0.148. The van der Waals surface area contributed by atoms with Crippen LogP contribution in [-0.2, 0) is 14.3 Å². The van der Waals surface area contributed by atoms with Crippen LogP contribution in [0.1, 0.15) is 6.92 Å². The van der Waals surface area contributed by atoms with E-state index in [1.807, 2.05) is 0 Å². The molecule has 0 spiro atoms. The molecule has 4 nitrogen and oxygen atoms in total. The summed E-state index contributed by atoms with van der Waals surface area (Å²) in [6.45, 7) is 2.88. The molecule has 0 saturated carbocycles. The molecule has 0 saturated heterocycles. The number of hydrogen-bond donors (Lipinski definition) is 1. The number of rotatable bonds is 7. The summed E-state index contributed by atoms with van der Waals surface area (Å²) in [5, 5.41) is 4.09. The summed E-state index contributed by atoms with van der Waals surface area (Å²) in [7, 11) is 0. The van der Waals surface area contributed by atoms with Gasteiger partial charge in [-0.3, -0.25) is 0 Å². The van der Waals surface area contributed by atoms with Crippen molar-refractivity contribution < 1.29 is 14.3 Å². The van der Waals surface area contributed by atoms with E-state index < -0.39 is 0 Å². The van der Waals surface area contributed by atoms with Gasteiger partial charge in [-0.1, -0.05) is 39.1 Å². The van der Waals surface area contributed by atoms with Crippen LogP contribution >= 0.6 is 39.1 Å². The first-order valence-corrected chi connectivity index (χ1v) is 7.21. The Balaban J connectivity index is 2.32. The van der Waals surface area contributed by atoms with Gasteiger partial charge < -0.3 is 14.8 Å². The van der Waals surface area contributed by atoms with Gasteiger partial charge in [0.15, 0.2) is 0 Å². The normalized spacial score (nSPS) is 10.3. The Morgan fingerprint density at radius 3 is 2.58 bits per heavy atom. The Morgan fingerprint density at radius 1 is 1.37 bits per heavy atom. The van der Waals surface area contributed by atoms with Crippen LogP contribution in [0, 0.1) is 0 Å². The van der Waals surface area contributed by atoms with Gasteiger partial charge in [-0.05, 0) is 19.1 Å². The third-order valence-corrected chi connectivity index (χ3v) is 3.13. The molecule has 1 aromatic rings. The van der Waals surface area contributed by atoms with Crippen LogP contribution in [0.3, 0.4) is 0 Å². The molecular formula is C12H14BrCl2NO3. The van der Waals surface area contributed by atoms with Gasteiger partial charge in [0.1, 0.15) is 6.61 Å². The minimum absolute atomic E-state index is 0.0582. The van der Waals surface area contributed by atoms with Gasteiger partial charge in [0.05, 0.1) is 28.9 Å². The van der Waals surface area contributed by atoms with Crippen molar-refractivity contribution in [3.63, 3.8) is 0 Å². The van der Waals surface area contributed by atoms with E-state index in [1.165, 1.54) is 0 Å². The highest BCUT2D eigenvalue weighted by Crippen LogP contribution is 2.33.